The van der Waals surface area contributed by atoms with Gasteiger partial charge in [-0.3, -0.25) is 0 Å². The molecule has 1 atom stereocenters. The second-order valence-corrected chi connectivity index (χ2v) is 3.43. The van der Waals surface area contributed by atoms with Crippen LogP contribution in [0.2, 0.25) is 0 Å². The van der Waals surface area contributed by atoms with E-state index < -0.39 is 0 Å². The molecule has 74 valence electrons. The van der Waals surface area contributed by atoms with Crippen LogP contribution in [0.15, 0.2) is 36.5 Å². The molecule has 0 spiro atoms. The van der Waals surface area contributed by atoms with Crippen molar-refractivity contribution in [2.75, 3.05) is 0 Å². The average Bonchev–Trinajstić information content (AvgIpc) is 2.16. The van der Waals surface area contributed by atoms with Crippen molar-refractivity contribution in [2.45, 2.75) is 40.0 Å². The lowest BCUT2D eigenvalue weighted by atomic mass is 9.95. The molecule has 0 saturated heterocycles. The van der Waals surface area contributed by atoms with Crippen LogP contribution in [0.25, 0.3) is 0 Å². The van der Waals surface area contributed by atoms with Gasteiger partial charge >= 0.3 is 0 Å². The van der Waals surface area contributed by atoms with Crippen LogP contribution in [0, 0.1) is 5.92 Å². The van der Waals surface area contributed by atoms with Crippen LogP contribution >= 0.6 is 0 Å². The Balaban J connectivity index is 4.08. The fourth-order valence-corrected chi connectivity index (χ4v) is 1.40. The Hall–Kier alpha value is -0.780. The van der Waals surface area contributed by atoms with E-state index >= 15 is 0 Å². The highest BCUT2D eigenvalue weighted by atomic mass is 14.1. The summed E-state index contributed by atoms with van der Waals surface area (Å²) in [5.41, 5.74) is 1.42. The number of rotatable bonds is 6. The molecule has 0 heterocycles. The van der Waals surface area contributed by atoms with Crippen molar-refractivity contribution < 1.29 is 0 Å². The molecule has 0 saturated carbocycles. The standard InChI is InChI=1S/C13H22/c1-5-8-10-12(4)13(7-3)11-9-6-2/h6-7,9,11-12H,2,5,8,10H2,1,3-4H3/b11-9-,13-7+/t12-/m1/s1. The van der Waals surface area contributed by atoms with Gasteiger partial charge in [-0.1, -0.05) is 57.6 Å². The molecule has 0 radical (unpaired) electrons. The monoisotopic (exact) mass is 178 g/mol. The van der Waals surface area contributed by atoms with E-state index in [-0.39, 0.29) is 0 Å². The normalized spacial score (nSPS) is 14.8. The predicted molar refractivity (Wildman–Crippen MR) is 61.8 cm³/mol. The Bertz CT molecular complexity index is 184. The molecule has 0 rings (SSSR count). The summed E-state index contributed by atoms with van der Waals surface area (Å²) in [7, 11) is 0. The molecule has 0 aromatic heterocycles. The average molecular weight is 178 g/mol. The molecule has 0 amide bonds. The van der Waals surface area contributed by atoms with Gasteiger partial charge in [-0.15, -0.1) is 0 Å². The summed E-state index contributed by atoms with van der Waals surface area (Å²) >= 11 is 0. The van der Waals surface area contributed by atoms with Crippen LogP contribution in [-0.2, 0) is 0 Å². The molecular weight excluding hydrogens is 156 g/mol. The summed E-state index contributed by atoms with van der Waals surface area (Å²) < 4.78 is 0. The number of unbranched alkanes of at least 4 members (excludes halogenated alkanes) is 1. The summed E-state index contributed by atoms with van der Waals surface area (Å²) in [4.78, 5) is 0. The second-order valence-electron chi connectivity index (χ2n) is 3.43. The van der Waals surface area contributed by atoms with Gasteiger partial charge < -0.3 is 0 Å². The molecule has 0 N–H and O–H groups in total. The van der Waals surface area contributed by atoms with Crippen molar-refractivity contribution in [3.8, 4) is 0 Å². The van der Waals surface area contributed by atoms with E-state index in [0.29, 0.717) is 5.92 Å². The summed E-state index contributed by atoms with van der Waals surface area (Å²) in [6, 6.07) is 0. The maximum absolute atomic E-state index is 3.67. The minimum Gasteiger partial charge on any atom is -0.0991 e. The summed E-state index contributed by atoms with van der Waals surface area (Å²) in [5.74, 6) is 0.682. The highest BCUT2D eigenvalue weighted by molar-refractivity contribution is 5.22. The van der Waals surface area contributed by atoms with Gasteiger partial charge in [0, 0.05) is 0 Å². The first-order chi connectivity index (χ1) is 6.26. The van der Waals surface area contributed by atoms with Crippen LogP contribution in [0.4, 0.5) is 0 Å². The fraction of sp³-hybridized carbons (Fsp3) is 0.538. The highest BCUT2D eigenvalue weighted by Crippen LogP contribution is 2.18. The van der Waals surface area contributed by atoms with Crippen LogP contribution in [0.1, 0.15) is 40.0 Å². The first-order valence-electron chi connectivity index (χ1n) is 5.21. The molecular formula is C13H22. The molecule has 0 bridgehead atoms. The third-order valence-electron chi connectivity index (χ3n) is 2.32. The second kappa shape index (κ2) is 7.85. The molecule has 0 aliphatic heterocycles. The summed E-state index contributed by atoms with van der Waals surface area (Å²) in [6.07, 6.45) is 12.1. The maximum Gasteiger partial charge on any atom is -0.0194 e. The van der Waals surface area contributed by atoms with E-state index in [1.54, 1.807) is 0 Å². The topological polar surface area (TPSA) is 0 Å². The van der Waals surface area contributed by atoms with Crippen LogP contribution < -0.4 is 0 Å². The molecule has 13 heavy (non-hydrogen) atoms. The van der Waals surface area contributed by atoms with Crippen LogP contribution in [0.5, 0.6) is 0 Å². The van der Waals surface area contributed by atoms with Crippen molar-refractivity contribution in [2.24, 2.45) is 5.92 Å². The largest absolute Gasteiger partial charge is 0.0991 e. The Morgan fingerprint density at radius 2 is 2.15 bits per heavy atom. The molecule has 0 aromatic carbocycles. The fourth-order valence-electron chi connectivity index (χ4n) is 1.40. The molecule has 0 nitrogen and oxygen atoms in total. The molecule has 0 fully saturated rings. The first-order valence-corrected chi connectivity index (χ1v) is 5.21. The zero-order valence-corrected chi connectivity index (χ0v) is 9.22. The molecule has 0 heteroatoms. The van der Waals surface area contributed by atoms with Crippen molar-refractivity contribution in [1.82, 2.24) is 0 Å². The highest BCUT2D eigenvalue weighted by Gasteiger charge is 2.03. The Kier molecular flexibility index (Phi) is 7.38. The van der Waals surface area contributed by atoms with E-state index in [9.17, 15) is 0 Å². The van der Waals surface area contributed by atoms with Crippen LogP contribution in [-0.4, -0.2) is 0 Å². The number of hydrogen-bond donors (Lipinski definition) is 0. The van der Waals surface area contributed by atoms with Gasteiger partial charge in [0.15, 0.2) is 0 Å². The van der Waals surface area contributed by atoms with Crippen LogP contribution in [0.3, 0.4) is 0 Å². The first kappa shape index (κ1) is 12.2. The van der Waals surface area contributed by atoms with Crippen molar-refractivity contribution in [3.05, 3.63) is 36.5 Å². The molecule has 0 unspecified atom stereocenters. The third-order valence-corrected chi connectivity index (χ3v) is 2.32. The van der Waals surface area contributed by atoms with Gasteiger partial charge in [0.2, 0.25) is 0 Å². The maximum atomic E-state index is 3.67. The minimum absolute atomic E-state index is 0.682. The lowest BCUT2D eigenvalue weighted by Gasteiger charge is -2.11. The van der Waals surface area contributed by atoms with E-state index in [0.717, 1.165) is 0 Å². The zero-order chi connectivity index (χ0) is 10.1. The third kappa shape index (κ3) is 5.46. The SMILES string of the molecule is C=C/C=C\C(=C/C)[C@H](C)CCCC. The minimum atomic E-state index is 0.682. The Morgan fingerprint density at radius 1 is 1.46 bits per heavy atom. The zero-order valence-electron chi connectivity index (χ0n) is 9.22. The van der Waals surface area contributed by atoms with Crippen molar-refractivity contribution >= 4 is 0 Å². The van der Waals surface area contributed by atoms with E-state index in [4.69, 9.17) is 0 Å². The van der Waals surface area contributed by atoms with Crippen molar-refractivity contribution in [3.63, 3.8) is 0 Å². The lowest BCUT2D eigenvalue weighted by molar-refractivity contribution is 0.580. The molecule has 0 aliphatic rings. The van der Waals surface area contributed by atoms with Gasteiger partial charge in [0.25, 0.3) is 0 Å². The lowest BCUT2D eigenvalue weighted by Crippen LogP contribution is -1.96. The van der Waals surface area contributed by atoms with Crippen molar-refractivity contribution in [1.29, 1.82) is 0 Å². The smallest absolute Gasteiger partial charge is 0.0194 e. The molecule has 0 aliphatic carbocycles. The molecule has 0 aromatic rings. The van der Waals surface area contributed by atoms with E-state index in [2.05, 4.69) is 39.5 Å². The Labute approximate surface area is 83.0 Å². The Morgan fingerprint density at radius 3 is 2.62 bits per heavy atom. The summed E-state index contributed by atoms with van der Waals surface area (Å²) in [5, 5.41) is 0. The van der Waals surface area contributed by atoms with Gasteiger partial charge in [-0.2, -0.15) is 0 Å². The van der Waals surface area contributed by atoms with E-state index in [1.807, 2.05) is 12.2 Å². The quantitative estimate of drug-likeness (QED) is 0.525. The van der Waals surface area contributed by atoms with Gasteiger partial charge in [-0.05, 0) is 24.8 Å². The van der Waals surface area contributed by atoms with Gasteiger partial charge in [-0.25, -0.2) is 0 Å². The number of allylic oxidation sites excluding steroid dienone is 5. The predicted octanol–water partition coefficient (Wildman–Crippen LogP) is 4.50. The number of hydrogen-bond acceptors (Lipinski definition) is 0. The summed E-state index contributed by atoms with van der Waals surface area (Å²) in [6.45, 7) is 10.3. The van der Waals surface area contributed by atoms with Gasteiger partial charge in [0.1, 0.15) is 0 Å². The van der Waals surface area contributed by atoms with E-state index in [1.165, 1.54) is 24.8 Å². The van der Waals surface area contributed by atoms with Gasteiger partial charge in [0.05, 0.1) is 0 Å².